The molecule has 14 heteroatoms. The van der Waals surface area contributed by atoms with Gasteiger partial charge in [-0.15, -0.1) is 0 Å². The molecular formula is C39H43N4O9P. The molecule has 1 fully saturated rings. The van der Waals surface area contributed by atoms with Crippen LogP contribution in [0.1, 0.15) is 64.6 Å². The van der Waals surface area contributed by atoms with Crippen LogP contribution in [0.4, 0.5) is 0 Å². The number of hydrogen-bond donors (Lipinski definition) is 5. The first kappa shape index (κ1) is 39.0. The molecule has 1 aromatic heterocycles. The smallest absolute Gasteiger partial charge is 0.338 e. The Morgan fingerprint density at radius 2 is 1.58 bits per heavy atom. The number of aromatic amines is 1. The minimum Gasteiger partial charge on any atom is -0.465 e. The zero-order valence-electron chi connectivity index (χ0n) is 29.3. The maximum atomic E-state index is 13.2. The summed E-state index contributed by atoms with van der Waals surface area (Å²) < 4.78 is 11.7. The predicted molar refractivity (Wildman–Crippen MR) is 202 cm³/mol. The lowest BCUT2D eigenvalue weighted by Crippen LogP contribution is -2.33. The number of carbonyl (C=O) groups is 3. The van der Waals surface area contributed by atoms with Gasteiger partial charge in [-0.3, -0.25) is 23.9 Å². The topological polar surface area (TPSA) is 189 Å². The normalized spacial score (nSPS) is 16.9. The quantitative estimate of drug-likeness (QED) is 0.0494. The van der Waals surface area contributed by atoms with E-state index in [0.717, 1.165) is 39.7 Å². The van der Waals surface area contributed by atoms with Crippen LogP contribution in [0.15, 0.2) is 101 Å². The van der Waals surface area contributed by atoms with Crippen LogP contribution in [0.2, 0.25) is 0 Å². The Hall–Kier alpha value is -5.20. The highest BCUT2D eigenvalue weighted by Crippen LogP contribution is 2.35. The lowest BCUT2D eigenvalue weighted by atomic mass is 10.1. The molecule has 0 saturated carbocycles. The number of unbranched alkanes of at least 4 members (excludes halogenated alkanes) is 3. The number of aliphatic hydroxyl groups is 2. The van der Waals surface area contributed by atoms with Gasteiger partial charge in [0.05, 0.1) is 30.9 Å². The fourth-order valence-electron chi connectivity index (χ4n) is 5.95. The van der Waals surface area contributed by atoms with Gasteiger partial charge in [0.2, 0.25) is 5.91 Å². The van der Waals surface area contributed by atoms with Gasteiger partial charge in [-0.2, -0.15) is 0 Å². The Labute approximate surface area is 307 Å². The van der Waals surface area contributed by atoms with E-state index in [1.807, 2.05) is 60.7 Å². The molecule has 278 valence electrons. The van der Waals surface area contributed by atoms with Crippen LogP contribution in [0.3, 0.4) is 0 Å². The van der Waals surface area contributed by atoms with Crippen molar-refractivity contribution in [2.24, 2.45) is 0 Å². The van der Waals surface area contributed by atoms with Crippen LogP contribution in [0.25, 0.3) is 6.08 Å². The number of nitrogens with one attached hydrogen (secondary N) is 3. The van der Waals surface area contributed by atoms with Gasteiger partial charge < -0.3 is 30.3 Å². The predicted octanol–water partition coefficient (Wildman–Crippen LogP) is 1.84. The third-order valence-corrected chi connectivity index (χ3v) is 11.2. The van der Waals surface area contributed by atoms with Crippen molar-refractivity contribution in [2.45, 2.75) is 50.5 Å². The van der Waals surface area contributed by atoms with Crippen molar-refractivity contribution < 1.29 is 34.1 Å². The Morgan fingerprint density at radius 3 is 2.19 bits per heavy atom. The Kier molecular flexibility index (Phi) is 14.0. The van der Waals surface area contributed by atoms with Gasteiger partial charge in [0.15, 0.2) is 0 Å². The average Bonchev–Trinajstić information content (AvgIpc) is 3.55. The number of carbonyl (C=O) groups excluding carboxylic acids is 3. The Bertz CT molecular complexity index is 1980. The van der Waals surface area contributed by atoms with E-state index < -0.39 is 56.1 Å². The van der Waals surface area contributed by atoms with Crippen LogP contribution in [0, 0.1) is 0 Å². The summed E-state index contributed by atoms with van der Waals surface area (Å²) >= 11 is 0. The number of H-pyrrole nitrogens is 1. The van der Waals surface area contributed by atoms with E-state index in [1.165, 1.54) is 25.5 Å². The molecule has 0 radical (unpaired) electrons. The summed E-state index contributed by atoms with van der Waals surface area (Å²) in [6.07, 6.45) is 4.19. The van der Waals surface area contributed by atoms with Crippen molar-refractivity contribution in [1.82, 2.24) is 20.2 Å². The van der Waals surface area contributed by atoms with Gasteiger partial charge in [0.1, 0.15) is 12.3 Å². The van der Waals surface area contributed by atoms with Crippen molar-refractivity contribution in [2.75, 3.05) is 26.8 Å². The molecule has 2 amide bonds. The first-order chi connectivity index (χ1) is 25.7. The average molecular weight is 743 g/mol. The number of nitrogens with zero attached hydrogens (tertiary/aromatic N) is 1. The summed E-state index contributed by atoms with van der Waals surface area (Å²) in [4.78, 5) is 65.2. The molecule has 1 aliphatic rings. The number of esters is 1. The molecular weight excluding hydrogens is 699 g/mol. The van der Waals surface area contributed by atoms with E-state index in [-0.39, 0.29) is 17.9 Å². The van der Waals surface area contributed by atoms with E-state index in [1.54, 1.807) is 18.2 Å². The zero-order chi connectivity index (χ0) is 37.7. The molecule has 0 spiro atoms. The second kappa shape index (κ2) is 19.0. The minimum atomic E-state index is -1.16. The molecule has 0 bridgehead atoms. The number of methoxy groups -OCH3 is 1. The molecule has 2 heterocycles. The van der Waals surface area contributed by atoms with Crippen molar-refractivity contribution in [3.8, 4) is 0 Å². The van der Waals surface area contributed by atoms with Gasteiger partial charge >= 0.3 is 11.7 Å². The first-order valence-corrected chi connectivity index (χ1v) is 18.7. The van der Waals surface area contributed by atoms with Crippen LogP contribution >= 0.6 is 7.92 Å². The van der Waals surface area contributed by atoms with Crippen LogP contribution in [0.5, 0.6) is 0 Å². The molecule has 3 atom stereocenters. The van der Waals surface area contributed by atoms with E-state index in [4.69, 9.17) is 9.47 Å². The maximum Gasteiger partial charge on any atom is 0.338 e. The van der Waals surface area contributed by atoms with E-state index in [9.17, 15) is 34.2 Å². The Balaban J connectivity index is 1.09. The second-order valence-electron chi connectivity index (χ2n) is 12.4. The molecule has 0 unspecified atom stereocenters. The van der Waals surface area contributed by atoms with Gasteiger partial charge in [0.25, 0.3) is 11.5 Å². The first-order valence-electron chi connectivity index (χ1n) is 17.4. The minimum absolute atomic E-state index is 0.0520. The summed E-state index contributed by atoms with van der Waals surface area (Å²) in [6, 6.07) is 24.9. The van der Waals surface area contributed by atoms with Gasteiger partial charge in [-0.05, 0) is 55.6 Å². The lowest BCUT2D eigenvalue weighted by Gasteiger charge is -2.22. The largest absolute Gasteiger partial charge is 0.465 e. The van der Waals surface area contributed by atoms with Crippen molar-refractivity contribution in [1.29, 1.82) is 0 Å². The van der Waals surface area contributed by atoms with Crippen molar-refractivity contribution in [3.63, 3.8) is 0 Å². The van der Waals surface area contributed by atoms with Crippen LogP contribution in [-0.4, -0.2) is 76.6 Å². The summed E-state index contributed by atoms with van der Waals surface area (Å²) in [7, 11) is 0.183. The van der Waals surface area contributed by atoms with E-state index in [0.29, 0.717) is 30.6 Å². The number of aliphatic hydroxyl groups excluding tert-OH is 2. The van der Waals surface area contributed by atoms with Crippen LogP contribution in [-0.2, 0) is 14.3 Å². The van der Waals surface area contributed by atoms with E-state index >= 15 is 0 Å². The van der Waals surface area contributed by atoms with Crippen molar-refractivity contribution in [3.05, 3.63) is 129 Å². The van der Waals surface area contributed by atoms with Gasteiger partial charge in [-0.1, -0.05) is 73.5 Å². The second-order valence-corrected chi connectivity index (χ2v) is 14.6. The summed E-state index contributed by atoms with van der Waals surface area (Å²) in [5, 5.41) is 27.9. The number of hydrogen-bond acceptors (Lipinski definition) is 9. The number of aromatic nitrogens is 2. The summed E-state index contributed by atoms with van der Waals surface area (Å²) in [6.45, 7) is 0.446. The monoisotopic (exact) mass is 742 g/mol. The lowest BCUT2D eigenvalue weighted by molar-refractivity contribution is -0.116. The number of ether oxygens (including phenoxy) is 2. The molecule has 5 N–H and O–H groups in total. The molecule has 53 heavy (non-hydrogen) atoms. The number of benzene rings is 3. The van der Waals surface area contributed by atoms with Crippen LogP contribution < -0.4 is 37.8 Å². The standard InChI is InChI=1S/C39H43N4O9P/c1-51-38(49)30-18-16-26(22-33(30)53(28-12-6-4-7-13-28)29-14-8-5-9-15-29)36(47)41-21-11-3-2-10-20-40-34(46)19-17-27-24-43(39(50)42-37(27)48)35-23-31(45)32(25-44)52-35/h4-9,12-19,22,24,31-32,35,44-45H,2-3,10-11,20-21,23,25H2,1H3,(H,40,46)(H,41,47)(H,42,48,50)/t31-,32+,35+/m0/s1. The highest BCUT2D eigenvalue weighted by atomic mass is 31.1. The highest BCUT2D eigenvalue weighted by molar-refractivity contribution is 7.80. The zero-order valence-corrected chi connectivity index (χ0v) is 30.2. The Morgan fingerprint density at radius 1 is 0.943 bits per heavy atom. The van der Waals surface area contributed by atoms with Gasteiger partial charge in [-0.25, -0.2) is 9.59 Å². The van der Waals surface area contributed by atoms with Gasteiger partial charge in [0, 0.05) is 42.7 Å². The maximum absolute atomic E-state index is 13.2. The molecule has 1 aliphatic heterocycles. The molecule has 1 saturated heterocycles. The SMILES string of the molecule is COC(=O)c1ccc(C(=O)NCCCCCCNC(=O)C=Cc2cn([C@H]3C[C@H](O)[C@@H](CO)O3)c(=O)[nH]c2=O)cc1P(c1ccccc1)c1ccccc1. The fraction of sp³-hybridized carbons (Fsp3) is 0.308. The third-order valence-electron chi connectivity index (χ3n) is 8.73. The number of rotatable bonds is 16. The number of amides is 2. The third kappa shape index (κ3) is 10.2. The highest BCUT2D eigenvalue weighted by Gasteiger charge is 2.35. The molecule has 13 nitrogen and oxygen atoms in total. The molecule has 0 aliphatic carbocycles. The molecule has 5 rings (SSSR count). The van der Waals surface area contributed by atoms with Crippen molar-refractivity contribution >= 4 is 47.7 Å². The molecule has 4 aromatic rings. The summed E-state index contributed by atoms with van der Waals surface area (Å²) in [5.74, 6) is -1.12. The fourth-order valence-corrected chi connectivity index (χ4v) is 8.42. The summed E-state index contributed by atoms with van der Waals surface area (Å²) in [5.41, 5.74) is -0.492. The van der Waals surface area contributed by atoms with E-state index in [2.05, 4.69) is 15.6 Å². The molecule has 3 aromatic carbocycles.